The van der Waals surface area contributed by atoms with E-state index in [4.69, 9.17) is 21.1 Å². The van der Waals surface area contributed by atoms with Crippen molar-refractivity contribution in [2.45, 2.75) is 90.2 Å². The van der Waals surface area contributed by atoms with Crippen LogP contribution in [0, 0.1) is 17.8 Å². The Hall–Kier alpha value is -3.22. The Labute approximate surface area is 293 Å². The lowest BCUT2D eigenvalue weighted by molar-refractivity contribution is -0.118. The Kier molecular flexibility index (Phi) is 11.5. The van der Waals surface area contributed by atoms with E-state index in [1.54, 1.807) is 7.11 Å². The molecule has 6 rings (SSSR count). The number of nitrogens with one attached hydrogen (secondary N) is 1. The van der Waals surface area contributed by atoms with Crippen LogP contribution in [-0.4, -0.2) is 45.8 Å². The number of carbonyl (C=O) groups is 1. The van der Waals surface area contributed by atoms with E-state index >= 15 is 0 Å². The average Bonchev–Trinajstić information content (AvgIpc) is 3.23. The van der Waals surface area contributed by atoms with Gasteiger partial charge in [0.1, 0.15) is 0 Å². The van der Waals surface area contributed by atoms with Crippen molar-refractivity contribution in [2.75, 3.05) is 43.6 Å². The molecule has 2 unspecified atom stereocenters. The van der Waals surface area contributed by atoms with Crippen molar-refractivity contribution in [1.82, 2.24) is 5.32 Å². The Morgan fingerprint density at radius 2 is 1.60 bits per heavy atom. The van der Waals surface area contributed by atoms with E-state index in [1.807, 2.05) is 49.1 Å². The number of methoxy groups -OCH3 is 1. The first-order valence-corrected chi connectivity index (χ1v) is 18.7. The molecule has 1 saturated heterocycles. The Morgan fingerprint density at radius 1 is 0.875 bits per heavy atom. The Balaban J connectivity index is 1.18. The van der Waals surface area contributed by atoms with Gasteiger partial charge in [-0.25, -0.2) is 0 Å². The number of halogens is 1. The van der Waals surface area contributed by atoms with Crippen molar-refractivity contribution in [1.29, 1.82) is 0 Å². The van der Waals surface area contributed by atoms with Crippen LogP contribution in [-0.2, 0) is 11.2 Å². The zero-order chi connectivity index (χ0) is 33.6. The third-order valence-electron chi connectivity index (χ3n) is 10.9. The van der Waals surface area contributed by atoms with E-state index < -0.39 is 0 Å². The summed E-state index contributed by atoms with van der Waals surface area (Å²) in [4.78, 5) is 18.3. The molecule has 6 nitrogen and oxygen atoms in total. The fourth-order valence-corrected chi connectivity index (χ4v) is 8.52. The molecule has 48 heavy (non-hydrogen) atoms. The minimum absolute atomic E-state index is 0.0138. The Bertz CT molecular complexity index is 1490. The van der Waals surface area contributed by atoms with Gasteiger partial charge < -0.3 is 24.6 Å². The van der Waals surface area contributed by atoms with Gasteiger partial charge in [0.15, 0.2) is 11.5 Å². The summed E-state index contributed by atoms with van der Waals surface area (Å²) in [6, 6.07) is 20.1. The molecule has 0 spiro atoms. The second-order valence-electron chi connectivity index (χ2n) is 14.6. The Morgan fingerprint density at radius 3 is 2.31 bits per heavy atom. The molecular weight excluding hydrogens is 618 g/mol. The monoisotopic (exact) mass is 671 g/mol. The first-order chi connectivity index (χ1) is 23.3. The number of hydrogen-bond acceptors (Lipinski definition) is 5. The fourth-order valence-electron chi connectivity index (χ4n) is 8.39. The van der Waals surface area contributed by atoms with Gasteiger partial charge in [-0.05, 0) is 148 Å². The van der Waals surface area contributed by atoms with Crippen molar-refractivity contribution in [3.05, 3.63) is 82.4 Å². The molecule has 1 amide bonds. The predicted molar refractivity (Wildman–Crippen MR) is 198 cm³/mol. The van der Waals surface area contributed by atoms with E-state index in [0.29, 0.717) is 22.9 Å². The summed E-state index contributed by atoms with van der Waals surface area (Å²) in [5, 5.41) is 4.33. The number of amides is 1. The first-order valence-electron chi connectivity index (χ1n) is 18.3. The van der Waals surface area contributed by atoms with Crippen molar-refractivity contribution < 1.29 is 14.3 Å². The number of fused-ring (bicyclic) bond motifs is 1. The van der Waals surface area contributed by atoms with Crippen LogP contribution >= 0.6 is 11.6 Å². The lowest BCUT2D eigenvalue weighted by atomic mass is 9.73. The first kappa shape index (κ1) is 34.6. The maximum Gasteiger partial charge on any atom is 0.232 e. The highest BCUT2D eigenvalue weighted by atomic mass is 35.5. The van der Waals surface area contributed by atoms with Gasteiger partial charge in [-0.15, -0.1) is 0 Å². The molecule has 2 fully saturated rings. The topological polar surface area (TPSA) is 54.0 Å². The molecular formula is C41H54ClN3O3. The van der Waals surface area contributed by atoms with E-state index in [1.165, 1.54) is 76.6 Å². The fraction of sp³-hybridized carbons (Fsp3) is 0.537. The van der Waals surface area contributed by atoms with Gasteiger partial charge in [-0.2, -0.15) is 0 Å². The molecule has 2 atom stereocenters. The molecule has 2 aliphatic heterocycles. The molecule has 0 radical (unpaired) electrons. The summed E-state index contributed by atoms with van der Waals surface area (Å²) in [6.45, 7) is 7.48. The second-order valence-corrected chi connectivity index (χ2v) is 15.0. The summed E-state index contributed by atoms with van der Waals surface area (Å²) >= 11 is 6.31. The smallest absolute Gasteiger partial charge is 0.232 e. The van der Waals surface area contributed by atoms with E-state index in [0.717, 1.165) is 46.7 Å². The number of hydrogen-bond donors (Lipinski definition) is 1. The normalized spacial score (nSPS) is 23.5. The van der Waals surface area contributed by atoms with Gasteiger partial charge in [0.05, 0.1) is 25.7 Å². The van der Waals surface area contributed by atoms with Crippen molar-refractivity contribution in [2.24, 2.45) is 17.8 Å². The van der Waals surface area contributed by atoms with Gasteiger partial charge in [-0.3, -0.25) is 4.79 Å². The lowest BCUT2D eigenvalue weighted by Gasteiger charge is -2.38. The number of benzene rings is 3. The molecule has 3 aliphatic rings. The standard InChI is InChI=1S/C41H54ClN3O3/c1-28(2)48-39-26-37-33(24-38(39)47-4)25-40(46)45(41(37)32-13-15-34(42)16-14-32)36-19-17-35(18-20-36)44(3)27-29-9-11-31(12-10-29)30-8-6-5-7-22-43-23-21-30/h13-20,24,26,28-31,41,43H,5-12,21-23,25,27H2,1-4H3. The van der Waals surface area contributed by atoms with Crippen LogP contribution in [0.15, 0.2) is 60.7 Å². The summed E-state index contributed by atoms with van der Waals surface area (Å²) in [5.41, 5.74) is 5.06. The van der Waals surface area contributed by atoms with Gasteiger partial charge >= 0.3 is 0 Å². The van der Waals surface area contributed by atoms with Crippen LogP contribution in [0.3, 0.4) is 0 Å². The summed E-state index contributed by atoms with van der Waals surface area (Å²) in [5.74, 6) is 3.92. The lowest BCUT2D eigenvalue weighted by Crippen LogP contribution is -2.41. The number of ether oxygens (including phenoxy) is 2. The van der Waals surface area contributed by atoms with Crippen LogP contribution in [0.2, 0.25) is 5.02 Å². The van der Waals surface area contributed by atoms with E-state index in [2.05, 4.69) is 47.6 Å². The summed E-state index contributed by atoms with van der Waals surface area (Å²) in [6.07, 6.45) is 12.6. The minimum Gasteiger partial charge on any atom is -0.493 e. The molecule has 2 heterocycles. The van der Waals surface area contributed by atoms with Crippen molar-refractivity contribution in [3.63, 3.8) is 0 Å². The van der Waals surface area contributed by atoms with Crippen molar-refractivity contribution >= 4 is 28.9 Å². The zero-order valence-electron chi connectivity index (χ0n) is 29.3. The molecule has 1 aliphatic carbocycles. The number of nitrogens with zero attached hydrogens (tertiary/aromatic N) is 2. The highest BCUT2D eigenvalue weighted by Crippen LogP contribution is 2.44. The van der Waals surface area contributed by atoms with Gasteiger partial charge in [0.25, 0.3) is 0 Å². The van der Waals surface area contributed by atoms with Crippen molar-refractivity contribution in [3.8, 4) is 11.5 Å². The molecule has 7 heteroatoms. The van der Waals surface area contributed by atoms with Crippen LogP contribution in [0.4, 0.5) is 11.4 Å². The van der Waals surface area contributed by atoms with Crippen LogP contribution in [0.1, 0.15) is 94.4 Å². The highest BCUT2D eigenvalue weighted by Gasteiger charge is 2.36. The minimum atomic E-state index is -0.323. The third-order valence-corrected chi connectivity index (χ3v) is 11.2. The zero-order valence-corrected chi connectivity index (χ0v) is 30.1. The van der Waals surface area contributed by atoms with Crippen LogP contribution in [0.25, 0.3) is 0 Å². The predicted octanol–water partition coefficient (Wildman–Crippen LogP) is 9.23. The highest BCUT2D eigenvalue weighted by molar-refractivity contribution is 6.30. The average molecular weight is 672 g/mol. The molecule has 258 valence electrons. The number of rotatable bonds is 9. The van der Waals surface area contributed by atoms with Gasteiger partial charge in [0, 0.05) is 30.0 Å². The molecule has 3 aromatic rings. The summed E-state index contributed by atoms with van der Waals surface area (Å²) in [7, 11) is 3.86. The molecule has 0 aromatic heterocycles. The second kappa shape index (κ2) is 16.0. The van der Waals surface area contributed by atoms with Gasteiger partial charge in [-0.1, -0.05) is 43.0 Å². The molecule has 1 N–H and O–H groups in total. The number of anilines is 2. The maximum atomic E-state index is 14.0. The van der Waals surface area contributed by atoms with E-state index in [9.17, 15) is 4.79 Å². The van der Waals surface area contributed by atoms with Gasteiger partial charge in [0.2, 0.25) is 5.91 Å². The third kappa shape index (κ3) is 8.14. The van der Waals surface area contributed by atoms with Crippen LogP contribution in [0.5, 0.6) is 11.5 Å². The SMILES string of the molecule is COc1cc2c(cc1OC(C)C)C(c1ccc(Cl)cc1)N(c1ccc(N(C)CC3CCC(C4CCCCCNCC4)CC3)cc1)C(=O)C2. The maximum absolute atomic E-state index is 14.0. The molecule has 0 bridgehead atoms. The molecule has 1 saturated carbocycles. The van der Waals surface area contributed by atoms with E-state index in [-0.39, 0.29) is 18.1 Å². The largest absolute Gasteiger partial charge is 0.493 e. The quantitative estimate of drug-likeness (QED) is 0.246. The molecule has 3 aromatic carbocycles. The number of carbonyl (C=O) groups excluding carboxylic acids is 1. The van der Waals surface area contributed by atoms with Crippen LogP contribution < -0.4 is 24.6 Å². The summed E-state index contributed by atoms with van der Waals surface area (Å²) < 4.78 is 11.8.